The molecule has 0 aromatic rings. The smallest absolute Gasteiger partial charge is 0.306 e. The van der Waals surface area contributed by atoms with Crippen LogP contribution < -0.4 is 5.09 Å². The molecule has 0 aliphatic carbocycles. The summed E-state index contributed by atoms with van der Waals surface area (Å²) in [5, 5.41) is 2.59. The Labute approximate surface area is 91.1 Å². The van der Waals surface area contributed by atoms with Crippen LogP contribution in [0, 0.1) is 0 Å². The van der Waals surface area contributed by atoms with Crippen molar-refractivity contribution in [2.24, 2.45) is 0 Å². The molecule has 5 nitrogen and oxygen atoms in total. The summed E-state index contributed by atoms with van der Waals surface area (Å²) in [5.74, 6) is 0. The molecule has 0 amide bonds. The van der Waals surface area contributed by atoms with E-state index in [0.717, 1.165) is 25.9 Å². The van der Waals surface area contributed by atoms with Crippen molar-refractivity contribution < 1.29 is 13.9 Å². The Bertz CT molecular complexity index is 229. The molecule has 0 spiro atoms. The van der Waals surface area contributed by atoms with Gasteiger partial charge in [-0.3, -0.25) is 0 Å². The molecule has 2 unspecified atom stereocenters. The van der Waals surface area contributed by atoms with Crippen LogP contribution in [-0.4, -0.2) is 43.5 Å². The molecule has 0 bridgehead atoms. The SMILES string of the molecule is CC(C=O)N[P+](=O)OC1CCN(C)CC1. The normalized spacial score (nSPS) is 22.4. The number of aldehydes is 1. The molecule has 15 heavy (non-hydrogen) atoms. The zero-order valence-corrected chi connectivity index (χ0v) is 10.1. The van der Waals surface area contributed by atoms with Gasteiger partial charge in [0.15, 0.2) is 0 Å². The van der Waals surface area contributed by atoms with E-state index in [1.165, 1.54) is 0 Å². The molecule has 1 heterocycles. The summed E-state index contributed by atoms with van der Waals surface area (Å²) < 4.78 is 16.7. The van der Waals surface area contributed by atoms with Crippen molar-refractivity contribution in [2.75, 3.05) is 20.1 Å². The molecule has 1 fully saturated rings. The van der Waals surface area contributed by atoms with Crippen LogP contribution in [0.25, 0.3) is 0 Å². The Morgan fingerprint density at radius 1 is 1.53 bits per heavy atom. The Morgan fingerprint density at radius 3 is 2.67 bits per heavy atom. The van der Waals surface area contributed by atoms with Crippen molar-refractivity contribution in [3.63, 3.8) is 0 Å². The van der Waals surface area contributed by atoms with E-state index in [4.69, 9.17) is 4.52 Å². The Morgan fingerprint density at radius 2 is 2.13 bits per heavy atom. The Balaban J connectivity index is 2.23. The number of carbonyl (C=O) groups is 1. The minimum absolute atomic E-state index is 0.0520. The molecule has 0 aromatic heterocycles. The van der Waals surface area contributed by atoms with Gasteiger partial charge in [-0.2, -0.15) is 0 Å². The second kappa shape index (κ2) is 6.28. The van der Waals surface area contributed by atoms with E-state index in [9.17, 15) is 9.36 Å². The Kier molecular flexibility index (Phi) is 5.32. The maximum absolute atomic E-state index is 11.4. The lowest BCUT2D eigenvalue weighted by Gasteiger charge is -2.25. The lowest BCUT2D eigenvalue weighted by Crippen LogP contribution is -2.34. The van der Waals surface area contributed by atoms with E-state index < -0.39 is 14.2 Å². The highest BCUT2D eigenvalue weighted by Crippen LogP contribution is 2.25. The van der Waals surface area contributed by atoms with E-state index in [1.807, 2.05) is 0 Å². The van der Waals surface area contributed by atoms with Crippen LogP contribution >= 0.6 is 8.18 Å². The van der Waals surface area contributed by atoms with Gasteiger partial charge in [-0.15, -0.1) is 4.52 Å². The molecular weight excluding hydrogens is 215 g/mol. The van der Waals surface area contributed by atoms with Crippen molar-refractivity contribution in [3.8, 4) is 0 Å². The van der Waals surface area contributed by atoms with E-state index in [1.54, 1.807) is 6.92 Å². The maximum atomic E-state index is 11.4. The van der Waals surface area contributed by atoms with Gasteiger partial charge in [0.1, 0.15) is 18.4 Å². The largest absolute Gasteiger partial charge is 0.613 e. The van der Waals surface area contributed by atoms with Crippen LogP contribution in [0.2, 0.25) is 0 Å². The van der Waals surface area contributed by atoms with E-state index >= 15 is 0 Å². The average molecular weight is 233 g/mol. The first-order valence-electron chi connectivity index (χ1n) is 5.16. The zero-order chi connectivity index (χ0) is 11.3. The third-order valence-electron chi connectivity index (χ3n) is 2.42. The van der Waals surface area contributed by atoms with Gasteiger partial charge in [-0.25, -0.2) is 0 Å². The topological polar surface area (TPSA) is 58.6 Å². The van der Waals surface area contributed by atoms with Crippen LogP contribution in [0.3, 0.4) is 0 Å². The molecule has 86 valence electrons. The van der Waals surface area contributed by atoms with Crippen molar-refractivity contribution in [3.05, 3.63) is 0 Å². The average Bonchev–Trinajstić information content (AvgIpc) is 2.21. The lowest BCUT2D eigenvalue weighted by molar-refractivity contribution is -0.108. The highest BCUT2D eigenvalue weighted by molar-refractivity contribution is 7.36. The second-order valence-corrected chi connectivity index (χ2v) is 4.90. The van der Waals surface area contributed by atoms with Gasteiger partial charge in [-0.1, -0.05) is 5.09 Å². The summed E-state index contributed by atoms with van der Waals surface area (Å²) in [4.78, 5) is 12.5. The van der Waals surface area contributed by atoms with Crippen LogP contribution in [0.4, 0.5) is 0 Å². The molecule has 1 aliphatic heterocycles. The van der Waals surface area contributed by atoms with Crippen molar-refractivity contribution in [1.29, 1.82) is 0 Å². The Hall–Kier alpha value is -0.350. The van der Waals surface area contributed by atoms with Gasteiger partial charge in [-0.05, 0) is 31.4 Å². The minimum atomic E-state index is -1.91. The first-order chi connectivity index (χ1) is 7.11. The predicted molar refractivity (Wildman–Crippen MR) is 57.9 cm³/mol. The number of likely N-dealkylation sites (tertiary alicyclic amines) is 1. The fraction of sp³-hybridized carbons (Fsp3) is 0.889. The van der Waals surface area contributed by atoms with Gasteiger partial charge in [0.25, 0.3) is 0 Å². The summed E-state index contributed by atoms with van der Waals surface area (Å²) in [6.45, 7) is 3.59. The van der Waals surface area contributed by atoms with Crippen molar-refractivity contribution in [2.45, 2.75) is 31.9 Å². The number of hydrogen-bond donors (Lipinski definition) is 1. The molecule has 0 radical (unpaired) electrons. The molecule has 2 atom stereocenters. The standard InChI is InChI=1S/C9H18N2O3P/c1-8(7-12)10-15(13)14-9-3-5-11(2)6-4-9/h7-9H,3-6H2,1-2H3,(H,10,13)/q+1. The van der Waals surface area contributed by atoms with Crippen LogP contribution in [0.15, 0.2) is 0 Å². The monoisotopic (exact) mass is 233 g/mol. The summed E-state index contributed by atoms with van der Waals surface area (Å²) in [7, 11) is 0.146. The first-order valence-corrected chi connectivity index (χ1v) is 6.33. The molecule has 1 N–H and O–H groups in total. The molecular formula is C9H18N2O3P+. The second-order valence-electron chi connectivity index (χ2n) is 3.92. The molecule has 1 saturated heterocycles. The first kappa shape index (κ1) is 12.7. The zero-order valence-electron chi connectivity index (χ0n) is 9.18. The van der Waals surface area contributed by atoms with E-state index in [2.05, 4.69) is 17.0 Å². The summed E-state index contributed by atoms with van der Waals surface area (Å²) in [6.07, 6.45) is 2.56. The van der Waals surface area contributed by atoms with Gasteiger partial charge in [0.05, 0.1) is 0 Å². The number of hydrogen-bond acceptors (Lipinski definition) is 4. The van der Waals surface area contributed by atoms with Crippen molar-refractivity contribution >= 4 is 14.5 Å². The fourth-order valence-electron chi connectivity index (χ4n) is 1.45. The summed E-state index contributed by atoms with van der Waals surface area (Å²) in [6, 6.07) is -0.417. The highest BCUT2D eigenvalue weighted by atomic mass is 31.1. The minimum Gasteiger partial charge on any atom is -0.306 e. The highest BCUT2D eigenvalue weighted by Gasteiger charge is 2.29. The third-order valence-corrected chi connectivity index (χ3v) is 3.53. The molecule has 0 saturated carbocycles. The van der Waals surface area contributed by atoms with Gasteiger partial charge >= 0.3 is 8.18 Å². The summed E-state index contributed by atoms with van der Waals surface area (Å²) >= 11 is 0. The van der Waals surface area contributed by atoms with Gasteiger partial charge < -0.3 is 9.69 Å². The van der Waals surface area contributed by atoms with Gasteiger partial charge in [0.2, 0.25) is 0 Å². The van der Waals surface area contributed by atoms with Crippen LogP contribution in [-0.2, 0) is 13.9 Å². The predicted octanol–water partition coefficient (Wildman–Crippen LogP) is 0.932. The molecule has 1 aliphatic rings. The third kappa shape index (κ3) is 4.80. The van der Waals surface area contributed by atoms with Gasteiger partial charge in [0, 0.05) is 13.1 Å². The quantitative estimate of drug-likeness (QED) is 0.565. The number of piperidine rings is 1. The molecule has 0 aromatic carbocycles. The van der Waals surface area contributed by atoms with E-state index in [0.29, 0.717) is 6.29 Å². The lowest BCUT2D eigenvalue weighted by atomic mass is 10.1. The van der Waals surface area contributed by atoms with E-state index in [-0.39, 0.29) is 6.10 Å². The van der Waals surface area contributed by atoms with Crippen LogP contribution in [0.1, 0.15) is 19.8 Å². The fourth-order valence-corrected chi connectivity index (χ4v) is 2.39. The van der Waals surface area contributed by atoms with Crippen LogP contribution in [0.5, 0.6) is 0 Å². The number of nitrogens with zero attached hydrogens (tertiary/aromatic N) is 1. The number of nitrogens with one attached hydrogen (secondary N) is 1. The molecule has 1 rings (SSSR count). The summed E-state index contributed by atoms with van der Waals surface area (Å²) in [5.41, 5.74) is 0. The number of carbonyl (C=O) groups excluding carboxylic acids is 1. The number of rotatable bonds is 5. The van der Waals surface area contributed by atoms with Crippen molar-refractivity contribution in [1.82, 2.24) is 9.99 Å². The molecule has 6 heteroatoms. The maximum Gasteiger partial charge on any atom is 0.613 e.